The molecule has 0 radical (unpaired) electrons. The standard InChI is InChI=1S/C18H18ClNO5/c1-23-15-9-13(18(22)25-3)14(10-16(15)24-2)20-17(21)8-11-4-6-12(19)7-5-11/h4-7,9-10H,8H2,1-3H3,(H,20,21). The summed E-state index contributed by atoms with van der Waals surface area (Å²) in [7, 11) is 4.19. The van der Waals surface area contributed by atoms with Crippen molar-refractivity contribution < 1.29 is 23.8 Å². The molecule has 1 N–H and O–H groups in total. The normalized spacial score (nSPS) is 10.1. The first-order valence-corrected chi connectivity index (χ1v) is 7.75. The van der Waals surface area contributed by atoms with Gasteiger partial charge in [0.1, 0.15) is 0 Å². The number of anilines is 1. The van der Waals surface area contributed by atoms with E-state index in [9.17, 15) is 9.59 Å². The third-order valence-electron chi connectivity index (χ3n) is 3.48. The summed E-state index contributed by atoms with van der Waals surface area (Å²) in [5.41, 5.74) is 1.25. The number of hydrogen-bond donors (Lipinski definition) is 1. The van der Waals surface area contributed by atoms with Crippen molar-refractivity contribution in [1.82, 2.24) is 0 Å². The molecule has 2 aromatic rings. The fourth-order valence-electron chi connectivity index (χ4n) is 2.24. The van der Waals surface area contributed by atoms with Gasteiger partial charge in [0.2, 0.25) is 5.91 Å². The van der Waals surface area contributed by atoms with E-state index in [1.54, 1.807) is 24.3 Å². The number of ether oxygens (including phenoxy) is 3. The molecule has 132 valence electrons. The van der Waals surface area contributed by atoms with E-state index in [1.807, 2.05) is 0 Å². The number of methoxy groups -OCH3 is 3. The van der Waals surface area contributed by atoms with Crippen molar-refractivity contribution >= 4 is 29.2 Å². The van der Waals surface area contributed by atoms with Gasteiger partial charge in [-0.05, 0) is 17.7 Å². The third kappa shape index (κ3) is 4.64. The molecule has 2 aromatic carbocycles. The predicted octanol–water partition coefficient (Wildman–Crippen LogP) is 3.33. The molecule has 0 unspecified atom stereocenters. The topological polar surface area (TPSA) is 73.9 Å². The van der Waals surface area contributed by atoms with Crippen molar-refractivity contribution in [3.05, 3.63) is 52.5 Å². The SMILES string of the molecule is COC(=O)c1cc(OC)c(OC)cc1NC(=O)Cc1ccc(Cl)cc1. The first kappa shape index (κ1) is 18.6. The molecule has 0 aliphatic carbocycles. The predicted molar refractivity (Wildman–Crippen MR) is 94.7 cm³/mol. The molecule has 25 heavy (non-hydrogen) atoms. The minimum atomic E-state index is -0.595. The summed E-state index contributed by atoms with van der Waals surface area (Å²) in [6, 6.07) is 9.92. The molecule has 6 nitrogen and oxygen atoms in total. The van der Waals surface area contributed by atoms with Crippen LogP contribution in [0.3, 0.4) is 0 Å². The highest BCUT2D eigenvalue weighted by molar-refractivity contribution is 6.30. The highest BCUT2D eigenvalue weighted by atomic mass is 35.5. The molecule has 0 aromatic heterocycles. The Morgan fingerprint density at radius 2 is 1.60 bits per heavy atom. The molecular formula is C18H18ClNO5. The first-order chi connectivity index (χ1) is 12.0. The van der Waals surface area contributed by atoms with Gasteiger partial charge in [-0.15, -0.1) is 0 Å². The van der Waals surface area contributed by atoms with Crippen molar-refractivity contribution in [2.75, 3.05) is 26.6 Å². The van der Waals surface area contributed by atoms with E-state index in [1.165, 1.54) is 33.5 Å². The van der Waals surface area contributed by atoms with Crippen LogP contribution in [0.2, 0.25) is 5.02 Å². The molecule has 0 aliphatic heterocycles. The number of carbonyl (C=O) groups is 2. The van der Waals surface area contributed by atoms with E-state index in [0.717, 1.165) is 5.56 Å². The smallest absolute Gasteiger partial charge is 0.340 e. The number of halogens is 1. The first-order valence-electron chi connectivity index (χ1n) is 7.37. The molecule has 2 rings (SSSR count). The van der Waals surface area contributed by atoms with E-state index in [2.05, 4.69) is 5.32 Å². The number of nitrogens with one attached hydrogen (secondary N) is 1. The van der Waals surface area contributed by atoms with Gasteiger partial charge in [0, 0.05) is 17.2 Å². The lowest BCUT2D eigenvalue weighted by Gasteiger charge is -2.14. The van der Waals surface area contributed by atoms with Crippen molar-refractivity contribution in [3.8, 4) is 11.5 Å². The molecule has 0 aliphatic rings. The Kier molecular flexibility index (Phi) is 6.25. The van der Waals surface area contributed by atoms with Crippen LogP contribution < -0.4 is 14.8 Å². The summed E-state index contributed by atoms with van der Waals surface area (Å²) in [5, 5.41) is 3.30. The van der Waals surface area contributed by atoms with E-state index in [-0.39, 0.29) is 23.6 Å². The quantitative estimate of drug-likeness (QED) is 0.797. The molecule has 0 saturated carbocycles. The van der Waals surface area contributed by atoms with Crippen LogP contribution >= 0.6 is 11.6 Å². The zero-order chi connectivity index (χ0) is 18.4. The van der Waals surface area contributed by atoms with Gasteiger partial charge >= 0.3 is 5.97 Å². The Hall–Kier alpha value is -2.73. The van der Waals surface area contributed by atoms with Crippen LogP contribution in [0.4, 0.5) is 5.69 Å². The molecule has 0 spiro atoms. The Labute approximate surface area is 150 Å². The monoisotopic (exact) mass is 363 g/mol. The van der Waals surface area contributed by atoms with Crippen LogP contribution in [0, 0.1) is 0 Å². The second-order valence-electron chi connectivity index (χ2n) is 5.10. The highest BCUT2D eigenvalue weighted by Gasteiger charge is 2.19. The number of hydrogen-bond acceptors (Lipinski definition) is 5. The van der Waals surface area contributed by atoms with Crippen LogP contribution in [0.15, 0.2) is 36.4 Å². The van der Waals surface area contributed by atoms with Gasteiger partial charge in [0.25, 0.3) is 0 Å². The van der Waals surface area contributed by atoms with Gasteiger partial charge in [-0.3, -0.25) is 4.79 Å². The van der Waals surface area contributed by atoms with E-state index in [0.29, 0.717) is 16.5 Å². The second-order valence-corrected chi connectivity index (χ2v) is 5.53. The molecule has 0 fully saturated rings. The Morgan fingerprint density at radius 1 is 1.00 bits per heavy atom. The van der Waals surface area contributed by atoms with Crippen LogP contribution in [-0.4, -0.2) is 33.2 Å². The van der Waals surface area contributed by atoms with Gasteiger partial charge in [0.15, 0.2) is 11.5 Å². The Balaban J connectivity index is 2.28. The average Bonchev–Trinajstić information content (AvgIpc) is 2.62. The lowest BCUT2D eigenvalue weighted by atomic mass is 10.1. The molecule has 0 saturated heterocycles. The zero-order valence-electron chi connectivity index (χ0n) is 14.1. The van der Waals surface area contributed by atoms with Crippen LogP contribution in [0.5, 0.6) is 11.5 Å². The van der Waals surface area contributed by atoms with Gasteiger partial charge in [0.05, 0.1) is 39.0 Å². The summed E-state index contributed by atoms with van der Waals surface area (Å²) in [4.78, 5) is 24.3. The maximum absolute atomic E-state index is 12.3. The maximum atomic E-state index is 12.3. The lowest BCUT2D eigenvalue weighted by Crippen LogP contribution is -2.17. The maximum Gasteiger partial charge on any atom is 0.340 e. The Morgan fingerprint density at radius 3 is 2.16 bits per heavy atom. The number of benzene rings is 2. The second kappa shape index (κ2) is 8.39. The molecular weight excluding hydrogens is 346 g/mol. The van der Waals surface area contributed by atoms with Crippen LogP contribution in [0.25, 0.3) is 0 Å². The summed E-state index contributed by atoms with van der Waals surface area (Å²) in [6.45, 7) is 0. The molecule has 7 heteroatoms. The Bertz CT molecular complexity index is 774. The van der Waals surface area contributed by atoms with Gasteiger partial charge in [-0.1, -0.05) is 23.7 Å². The number of amides is 1. The summed E-state index contributed by atoms with van der Waals surface area (Å²) < 4.78 is 15.2. The minimum Gasteiger partial charge on any atom is -0.493 e. The lowest BCUT2D eigenvalue weighted by molar-refractivity contribution is -0.115. The van der Waals surface area contributed by atoms with Crippen LogP contribution in [0.1, 0.15) is 15.9 Å². The van der Waals surface area contributed by atoms with Crippen molar-refractivity contribution in [2.24, 2.45) is 0 Å². The van der Waals surface area contributed by atoms with Gasteiger partial charge < -0.3 is 19.5 Å². The number of carbonyl (C=O) groups excluding carboxylic acids is 2. The van der Waals surface area contributed by atoms with Gasteiger partial charge in [-0.25, -0.2) is 4.79 Å². The van der Waals surface area contributed by atoms with Crippen molar-refractivity contribution in [1.29, 1.82) is 0 Å². The molecule has 0 atom stereocenters. The third-order valence-corrected chi connectivity index (χ3v) is 3.73. The van der Waals surface area contributed by atoms with Crippen LogP contribution in [-0.2, 0) is 16.0 Å². The number of rotatable bonds is 6. The largest absolute Gasteiger partial charge is 0.493 e. The zero-order valence-corrected chi connectivity index (χ0v) is 14.8. The van der Waals surface area contributed by atoms with E-state index < -0.39 is 5.97 Å². The van der Waals surface area contributed by atoms with Gasteiger partial charge in [-0.2, -0.15) is 0 Å². The van der Waals surface area contributed by atoms with E-state index >= 15 is 0 Å². The molecule has 0 heterocycles. The van der Waals surface area contributed by atoms with Crippen molar-refractivity contribution in [2.45, 2.75) is 6.42 Å². The summed E-state index contributed by atoms with van der Waals surface area (Å²) in [5.74, 6) is -0.141. The summed E-state index contributed by atoms with van der Waals surface area (Å²) >= 11 is 5.83. The average molecular weight is 364 g/mol. The summed E-state index contributed by atoms with van der Waals surface area (Å²) in [6.07, 6.45) is 0.131. The fraction of sp³-hybridized carbons (Fsp3) is 0.222. The minimum absolute atomic E-state index is 0.131. The van der Waals surface area contributed by atoms with E-state index in [4.69, 9.17) is 25.8 Å². The fourth-order valence-corrected chi connectivity index (χ4v) is 2.37. The highest BCUT2D eigenvalue weighted by Crippen LogP contribution is 2.33. The number of esters is 1. The molecule has 1 amide bonds. The van der Waals surface area contributed by atoms with Crippen molar-refractivity contribution in [3.63, 3.8) is 0 Å². The molecule has 0 bridgehead atoms.